The zero-order valence-electron chi connectivity index (χ0n) is 38.9. The van der Waals surface area contributed by atoms with Crippen LogP contribution in [0.5, 0.6) is 23.0 Å². The minimum atomic E-state index is -0.960. The summed E-state index contributed by atoms with van der Waals surface area (Å²) >= 11 is 0. The lowest BCUT2D eigenvalue weighted by molar-refractivity contribution is -0.263. The van der Waals surface area contributed by atoms with E-state index in [0.717, 1.165) is 63.5 Å². The molecule has 3 N–H and O–H groups in total. The Bertz CT molecular complexity index is 2450. The molecular formula is C54H68N2O8. The van der Waals surface area contributed by atoms with E-state index in [2.05, 4.69) is 67.0 Å². The molecule has 10 nitrogen and oxygen atoms in total. The van der Waals surface area contributed by atoms with Gasteiger partial charge < -0.3 is 34.3 Å². The molecule has 0 amide bonds. The Balaban J connectivity index is 0.000000130. The first-order chi connectivity index (χ1) is 30.5. The largest absolute Gasteiger partial charge is 0.504 e. The number of hydrogen-bond donors (Lipinski definition) is 3. The molecule has 2 saturated heterocycles. The van der Waals surface area contributed by atoms with Crippen LogP contribution in [0.3, 0.4) is 0 Å². The van der Waals surface area contributed by atoms with Crippen LogP contribution in [0.15, 0.2) is 48.6 Å². The maximum Gasteiger partial charge on any atom is 0.165 e. The highest BCUT2D eigenvalue weighted by atomic mass is 16.6. The van der Waals surface area contributed by atoms with Crippen LogP contribution in [0.1, 0.15) is 108 Å². The predicted molar refractivity (Wildman–Crippen MR) is 241 cm³/mol. The van der Waals surface area contributed by atoms with Gasteiger partial charge in [-0.25, -0.2) is 0 Å². The molecule has 0 aromatic heterocycles. The van der Waals surface area contributed by atoms with Crippen molar-refractivity contribution in [2.45, 2.75) is 151 Å². The molecule has 10 aliphatic carbocycles. The topological polar surface area (TPSA) is 121 Å². The molecule has 16 rings (SSSR count). The van der Waals surface area contributed by atoms with Crippen molar-refractivity contribution < 1.29 is 39.1 Å². The lowest BCUT2D eigenvalue weighted by Gasteiger charge is -2.73. The minimum Gasteiger partial charge on any atom is -0.504 e. The maximum absolute atomic E-state index is 12.9. The number of Topliss-reactive ketones (excluding diaryl/α,β-unsaturated/α-hetero) is 1. The Kier molecular flexibility index (Phi) is 8.02. The molecule has 64 heavy (non-hydrogen) atoms. The normalized spacial score (nSPS) is 44.0. The van der Waals surface area contributed by atoms with Crippen molar-refractivity contribution in [1.29, 1.82) is 0 Å². The summed E-state index contributed by atoms with van der Waals surface area (Å²) in [6, 6.07) is 8.60. The summed E-state index contributed by atoms with van der Waals surface area (Å²) in [5, 5.41) is 33.8. The van der Waals surface area contributed by atoms with Gasteiger partial charge in [0, 0.05) is 67.3 Å². The number of hydrogen-bond acceptors (Lipinski definition) is 10. The number of phenolic OH excluding ortho intramolecular Hbond substituents is 2. The molecule has 6 fully saturated rings. The molecule has 4 spiro atoms. The van der Waals surface area contributed by atoms with Gasteiger partial charge in [-0.1, -0.05) is 57.2 Å². The van der Waals surface area contributed by atoms with Crippen molar-refractivity contribution in [2.75, 3.05) is 40.4 Å². The van der Waals surface area contributed by atoms with E-state index < -0.39 is 16.8 Å². The molecule has 0 radical (unpaired) electrons. The first-order valence-electron chi connectivity index (χ1n) is 24.7. The van der Waals surface area contributed by atoms with Crippen molar-refractivity contribution in [2.24, 2.45) is 39.9 Å². The number of ether oxygens (including phenoxy) is 4. The predicted octanol–water partition coefficient (Wildman–Crippen LogP) is 7.17. The smallest absolute Gasteiger partial charge is 0.165 e. The summed E-state index contributed by atoms with van der Waals surface area (Å²) in [6.07, 6.45) is 19.8. The van der Waals surface area contributed by atoms with Crippen LogP contribution in [0, 0.1) is 39.9 Å². The summed E-state index contributed by atoms with van der Waals surface area (Å²) in [4.78, 5) is 18.4. The zero-order valence-corrected chi connectivity index (χ0v) is 38.9. The molecule has 0 unspecified atom stereocenters. The Labute approximate surface area is 378 Å². The van der Waals surface area contributed by atoms with Crippen molar-refractivity contribution in [3.63, 3.8) is 0 Å². The first-order valence-corrected chi connectivity index (χ1v) is 24.7. The highest BCUT2D eigenvalue weighted by molar-refractivity contribution is 5.82. The SMILES string of the molecule is CO[C@]12C=C[C@@]3(C[C@@H]1C(C)=O)[C@H]1Cc4ccc(O)c5c4[C@@]3(CCN1CC1CC1)[C@H]2O5.CO[C@]12C=C[C@@]3(C[C@@H]1[C@](C)(O)C(C)(C)C)[C@H]1Cc4ccc(O)c5c4[C@@]3(CCN1CC1CC1)[C@H]2O5. The molecule has 2 aromatic rings. The molecule has 342 valence electrons. The van der Waals surface area contributed by atoms with E-state index in [1.807, 2.05) is 13.0 Å². The number of ketones is 1. The van der Waals surface area contributed by atoms with Gasteiger partial charge in [-0.15, -0.1) is 0 Å². The lowest BCUT2D eigenvalue weighted by atomic mass is 9.35. The quantitative estimate of drug-likeness (QED) is 0.236. The van der Waals surface area contributed by atoms with E-state index >= 15 is 0 Å². The van der Waals surface area contributed by atoms with E-state index in [-0.39, 0.29) is 68.4 Å². The number of carbonyl (C=O) groups excluding carboxylic acids is 1. The molecule has 10 heteroatoms. The van der Waals surface area contributed by atoms with E-state index in [1.165, 1.54) is 61.0 Å². The molecule has 4 saturated carbocycles. The number of aromatic hydroxyl groups is 2. The third-order valence-electron chi connectivity index (χ3n) is 20.9. The Morgan fingerprint density at radius 2 is 1.19 bits per heavy atom. The number of fused-ring (bicyclic) bond motifs is 2. The standard InChI is InChI=1S/C29H39NO4.C25H29NO4/c1-25(2,3)26(4,32)20-15-27-10-11-29(20,33-5)24-28(27)12-13-30(16-17-6-7-17)21(27)14-18-8-9-19(31)23(34-24)22(18)28;1-14(27)17-12-23-7-8-25(17,29-2)22-24(23)9-10-26(13-15-3-4-15)19(23)11-16-5-6-18(28)21(30-22)20(16)24/h8-11,17,20-21,24,31-32H,6-7,12-16H2,1-5H3;5-8,15,17,19,22,28H,3-4,9-13H2,1-2H3/t20-,21-,24-,26+,27-,28+,29-;17-,19-,22-,23-,24+,25-/m11/s1. The zero-order chi connectivity index (χ0) is 44.4. The molecule has 14 aliphatic rings. The summed E-state index contributed by atoms with van der Waals surface area (Å²) in [5.74, 6) is 3.28. The monoisotopic (exact) mass is 872 g/mol. The van der Waals surface area contributed by atoms with Gasteiger partial charge in [0.15, 0.2) is 23.0 Å². The van der Waals surface area contributed by atoms with Crippen LogP contribution in [0.25, 0.3) is 0 Å². The average Bonchev–Trinajstić information content (AvgIpc) is 4.20. The number of carbonyl (C=O) groups is 1. The minimum absolute atomic E-state index is 0.116. The second-order valence-corrected chi connectivity index (χ2v) is 24.0. The number of aliphatic hydroxyl groups is 1. The second kappa shape index (κ2) is 12.6. The third-order valence-corrected chi connectivity index (χ3v) is 20.9. The van der Waals surface area contributed by atoms with Crippen molar-refractivity contribution in [3.8, 4) is 23.0 Å². The summed E-state index contributed by atoms with van der Waals surface area (Å²) in [7, 11) is 3.49. The number of likely N-dealkylation sites (tertiary alicyclic amines) is 2. The van der Waals surface area contributed by atoms with Crippen LogP contribution >= 0.6 is 0 Å². The number of benzene rings is 2. The molecule has 4 aliphatic heterocycles. The van der Waals surface area contributed by atoms with Gasteiger partial charge in [-0.3, -0.25) is 14.6 Å². The first kappa shape index (κ1) is 40.8. The molecule has 13 atom stereocenters. The Hall–Kier alpha value is -3.41. The number of nitrogens with zero attached hydrogens (tertiary/aromatic N) is 2. The molecule has 8 bridgehead atoms. The van der Waals surface area contributed by atoms with Crippen LogP contribution in [-0.4, -0.2) is 112 Å². The van der Waals surface area contributed by atoms with Crippen LogP contribution in [-0.2, 0) is 37.9 Å². The number of phenols is 2. The van der Waals surface area contributed by atoms with Gasteiger partial charge in [-0.05, 0) is 132 Å². The molecule has 2 aromatic carbocycles. The number of methoxy groups -OCH3 is 2. The van der Waals surface area contributed by atoms with E-state index in [1.54, 1.807) is 27.2 Å². The Morgan fingerprint density at radius 1 is 0.719 bits per heavy atom. The summed E-state index contributed by atoms with van der Waals surface area (Å²) in [6.45, 7) is 14.6. The van der Waals surface area contributed by atoms with Gasteiger partial charge in [0.05, 0.1) is 22.3 Å². The Morgan fingerprint density at radius 3 is 1.64 bits per heavy atom. The van der Waals surface area contributed by atoms with Crippen LogP contribution < -0.4 is 9.47 Å². The van der Waals surface area contributed by atoms with Gasteiger partial charge in [0.1, 0.15) is 29.2 Å². The summed E-state index contributed by atoms with van der Waals surface area (Å²) < 4.78 is 26.2. The van der Waals surface area contributed by atoms with Crippen molar-refractivity contribution in [3.05, 3.63) is 70.8 Å². The van der Waals surface area contributed by atoms with Crippen LogP contribution in [0.2, 0.25) is 0 Å². The maximum atomic E-state index is 12.9. The second-order valence-electron chi connectivity index (χ2n) is 24.0. The van der Waals surface area contributed by atoms with E-state index in [4.69, 9.17) is 18.9 Å². The fourth-order valence-electron chi connectivity index (χ4n) is 17.2. The fourth-order valence-corrected chi connectivity index (χ4v) is 17.2. The number of piperidine rings is 2. The fraction of sp³-hybridized carbons (Fsp3) is 0.685. The van der Waals surface area contributed by atoms with Gasteiger partial charge in [0.2, 0.25) is 0 Å². The van der Waals surface area contributed by atoms with Gasteiger partial charge >= 0.3 is 0 Å². The van der Waals surface area contributed by atoms with E-state index in [9.17, 15) is 20.1 Å². The van der Waals surface area contributed by atoms with Crippen molar-refractivity contribution in [1.82, 2.24) is 9.80 Å². The number of rotatable bonds is 8. The average molecular weight is 873 g/mol. The summed E-state index contributed by atoms with van der Waals surface area (Å²) in [5.41, 5.74) is 1.55. The van der Waals surface area contributed by atoms with Crippen molar-refractivity contribution >= 4 is 5.78 Å². The lowest BCUT2D eigenvalue weighted by Crippen LogP contribution is -2.81. The van der Waals surface area contributed by atoms with Gasteiger partial charge in [0.25, 0.3) is 0 Å². The van der Waals surface area contributed by atoms with Crippen LogP contribution in [0.4, 0.5) is 0 Å². The third kappa shape index (κ3) is 4.51. The van der Waals surface area contributed by atoms with E-state index in [0.29, 0.717) is 23.6 Å². The molecular weight excluding hydrogens is 805 g/mol. The van der Waals surface area contributed by atoms with Gasteiger partial charge in [-0.2, -0.15) is 0 Å². The highest BCUT2D eigenvalue weighted by Gasteiger charge is 2.82. The molecule has 4 heterocycles. The highest BCUT2D eigenvalue weighted by Crippen LogP contribution is 2.77.